The minimum absolute atomic E-state index is 0. The minimum Gasteiger partial charge on any atom is -0.496 e. The monoisotopic (exact) mass is 426 g/mol. The van der Waals surface area contributed by atoms with Crippen LogP contribution in [0.4, 0.5) is 0 Å². The van der Waals surface area contributed by atoms with Crippen molar-refractivity contribution in [3.8, 4) is 5.75 Å². The van der Waals surface area contributed by atoms with E-state index >= 15 is 0 Å². The molecule has 0 heterocycles. The van der Waals surface area contributed by atoms with E-state index in [4.69, 9.17) is 9.84 Å². The topological polar surface area (TPSA) is 29.5 Å². The van der Waals surface area contributed by atoms with Crippen LogP contribution in [0.1, 0.15) is 0 Å². The molecule has 0 aliphatic rings. The van der Waals surface area contributed by atoms with Gasteiger partial charge in [0.05, 0.1) is 7.11 Å². The standard InChI is InChI=1S/C11H10O.CH4O.Np/c1-12-11-8-4-6-9-5-2-3-7-10(9)11;1-2;/h2-8H,1H3;2H,1H3;. The van der Waals surface area contributed by atoms with E-state index in [2.05, 4.69) is 18.2 Å². The molecule has 0 aromatic heterocycles. The fourth-order valence-electron chi connectivity index (χ4n) is 1.37. The first-order chi connectivity index (χ1) is 6.92. The number of hydrogen-bond acceptors (Lipinski definition) is 2. The third kappa shape index (κ3) is 3.51. The van der Waals surface area contributed by atoms with Crippen LogP contribution in [0.3, 0.4) is 0 Å². The Morgan fingerprint density at radius 3 is 2.20 bits per heavy atom. The first-order valence-electron chi connectivity index (χ1n) is 4.38. The molecule has 0 amide bonds. The van der Waals surface area contributed by atoms with E-state index in [1.807, 2.05) is 24.3 Å². The molecule has 0 fully saturated rings. The third-order valence-corrected chi connectivity index (χ3v) is 1.97. The van der Waals surface area contributed by atoms with Gasteiger partial charge < -0.3 is 9.84 Å². The summed E-state index contributed by atoms with van der Waals surface area (Å²) >= 11 is 0. The van der Waals surface area contributed by atoms with Crippen LogP contribution in [0.15, 0.2) is 42.5 Å². The Morgan fingerprint density at radius 2 is 1.53 bits per heavy atom. The molecule has 2 rings (SSSR count). The molecule has 1 N–H and O–H groups in total. The third-order valence-electron chi connectivity index (χ3n) is 1.97. The Kier molecular flexibility index (Phi) is 7.45. The van der Waals surface area contributed by atoms with Gasteiger partial charge in [0, 0.05) is 42.4 Å². The molecular formula is C12H14NpO2. The van der Waals surface area contributed by atoms with E-state index in [-0.39, 0.29) is 29.9 Å². The van der Waals surface area contributed by atoms with Crippen molar-refractivity contribution in [1.82, 2.24) is 0 Å². The Balaban J connectivity index is 0.000000617. The Hall–Kier alpha value is -0.527. The molecule has 2 nitrogen and oxygen atoms in total. The Bertz CT molecular complexity index is 396. The minimum atomic E-state index is 0. The maximum atomic E-state index is 7.00. The molecular weight excluding hydrogens is 413 g/mol. The zero-order valence-electron chi connectivity index (χ0n) is 8.84. The van der Waals surface area contributed by atoms with Crippen LogP contribution in [-0.2, 0) is 0 Å². The van der Waals surface area contributed by atoms with Crippen molar-refractivity contribution in [1.29, 1.82) is 0 Å². The van der Waals surface area contributed by atoms with Crippen LogP contribution in [-0.4, -0.2) is 19.3 Å². The van der Waals surface area contributed by atoms with Crippen LogP contribution in [0.5, 0.6) is 5.75 Å². The van der Waals surface area contributed by atoms with Crippen LogP contribution in [0.25, 0.3) is 10.8 Å². The molecule has 0 atom stereocenters. The Morgan fingerprint density at radius 1 is 0.933 bits per heavy atom. The molecule has 0 unspecified atom stereocenters. The summed E-state index contributed by atoms with van der Waals surface area (Å²) in [5.41, 5.74) is 0. The van der Waals surface area contributed by atoms with Crippen LogP contribution < -0.4 is 4.74 Å². The molecule has 0 aliphatic carbocycles. The number of methoxy groups -OCH3 is 1. The van der Waals surface area contributed by atoms with Gasteiger partial charge in [-0.15, -0.1) is 0 Å². The van der Waals surface area contributed by atoms with Gasteiger partial charge in [-0.25, -0.2) is 0 Å². The van der Waals surface area contributed by atoms with Crippen LogP contribution in [0, 0.1) is 29.9 Å². The van der Waals surface area contributed by atoms with Crippen molar-refractivity contribution >= 4 is 10.8 Å². The SMILES string of the molecule is CO.COc1cccc2ccccc12.[Np]. The summed E-state index contributed by atoms with van der Waals surface area (Å²) in [5.74, 6) is 0.938. The summed E-state index contributed by atoms with van der Waals surface area (Å²) in [5, 5.41) is 9.39. The summed E-state index contributed by atoms with van der Waals surface area (Å²) in [6.45, 7) is 0. The number of ether oxygens (including phenoxy) is 1. The molecule has 0 aliphatic heterocycles. The number of aliphatic hydroxyl groups excluding tert-OH is 1. The molecule has 0 saturated carbocycles. The van der Waals surface area contributed by atoms with Crippen molar-refractivity contribution in [2.24, 2.45) is 0 Å². The van der Waals surface area contributed by atoms with Gasteiger partial charge in [-0.3, -0.25) is 0 Å². The van der Waals surface area contributed by atoms with E-state index < -0.39 is 0 Å². The van der Waals surface area contributed by atoms with Crippen molar-refractivity contribution in [2.75, 3.05) is 14.2 Å². The van der Waals surface area contributed by atoms with Crippen molar-refractivity contribution in [3.63, 3.8) is 0 Å². The first-order valence-corrected chi connectivity index (χ1v) is 4.38. The maximum absolute atomic E-state index is 7.00. The summed E-state index contributed by atoms with van der Waals surface area (Å²) in [6, 6.07) is 14.2. The normalized spacial score (nSPS) is 8.47. The molecule has 0 bridgehead atoms. The van der Waals surface area contributed by atoms with Crippen LogP contribution >= 0.6 is 0 Å². The van der Waals surface area contributed by atoms with Crippen molar-refractivity contribution in [2.45, 2.75) is 0 Å². The zero-order valence-corrected chi connectivity index (χ0v) is 12.6. The van der Waals surface area contributed by atoms with Gasteiger partial charge in [0.2, 0.25) is 0 Å². The largest absolute Gasteiger partial charge is 0.496 e. The van der Waals surface area contributed by atoms with Gasteiger partial charge in [-0.1, -0.05) is 36.4 Å². The van der Waals surface area contributed by atoms with E-state index in [9.17, 15) is 0 Å². The zero-order chi connectivity index (χ0) is 10.4. The van der Waals surface area contributed by atoms with Gasteiger partial charge in [-0.05, 0) is 11.5 Å². The van der Waals surface area contributed by atoms with E-state index in [0.717, 1.165) is 12.9 Å². The van der Waals surface area contributed by atoms with Crippen molar-refractivity contribution < 1.29 is 39.8 Å². The van der Waals surface area contributed by atoms with E-state index in [1.165, 1.54) is 10.8 Å². The molecule has 2 aromatic carbocycles. The summed E-state index contributed by atoms with van der Waals surface area (Å²) < 4.78 is 5.23. The quantitative estimate of drug-likeness (QED) is 0.758. The molecule has 0 spiro atoms. The van der Waals surface area contributed by atoms with Gasteiger partial charge in [0.15, 0.2) is 0 Å². The van der Waals surface area contributed by atoms with Crippen molar-refractivity contribution in [3.05, 3.63) is 42.5 Å². The Labute approximate surface area is 113 Å². The maximum Gasteiger partial charge on any atom is 0.126 e. The molecule has 3 heteroatoms. The molecule has 0 saturated heterocycles. The van der Waals surface area contributed by atoms with Gasteiger partial charge >= 0.3 is 0 Å². The van der Waals surface area contributed by atoms with Gasteiger partial charge in [0.25, 0.3) is 0 Å². The van der Waals surface area contributed by atoms with Gasteiger partial charge in [0.1, 0.15) is 5.75 Å². The number of aliphatic hydroxyl groups is 1. The number of benzene rings is 2. The summed E-state index contributed by atoms with van der Waals surface area (Å²) in [4.78, 5) is 0. The average Bonchev–Trinajstić information content (AvgIpc) is 2.31. The predicted molar refractivity (Wildman–Crippen MR) is 58.6 cm³/mol. The summed E-state index contributed by atoms with van der Waals surface area (Å²) in [7, 11) is 2.70. The smallest absolute Gasteiger partial charge is 0.126 e. The average molecular weight is 427 g/mol. The molecule has 1 radical (unpaired) electrons. The van der Waals surface area contributed by atoms with E-state index in [0.29, 0.717) is 0 Å². The number of rotatable bonds is 1. The fourth-order valence-corrected chi connectivity index (χ4v) is 1.37. The molecule has 2 aromatic rings. The predicted octanol–water partition coefficient (Wildman–Crippen LogP) is 2.46. The second-order valence-corrected chi connectivity index (χ2v) is 2.68. The summed E-state index contributed by atoms with van der Waals surface area (Å²) in [6.07, 6.45) is 0. The molecule has 15 heavy (non-hydrogen) atoms. The van der Waals surface area contributed by atoms with E-state index in [1.54, 1.807) is 7.11 Å². The second-order valence-electron chi connectivity index (χ2n) is 2.68. The second kappa shape index (κ2) is 7.72. The molecule has 79 valence electrons. The fraction of sp³-hybridized carbons (Fsp3) is 0.167. The number of fused-ring (bicyclic) bond motifs is 1. The first kappa shape index (κ1) is 14.5. The van der Waals surface area contributed by atoms with Crippen LogP contribution in [0.2, 0.25) is 0 Å². The van der Waals surface area contributed by atoms with Gasteiger partial charge in [-0.2, -0.15) is 0 Å². The number of hydrogen-bond donors (Lipinski definition) is 1.